The third-order valence-corrected chi connectivity index (χ3v) is 6.38. The van der Waals surface area contributed by atoms with E-state index in [0.29, 0.717) is 0 Å². The number of aromatic nitrogens is 1. The van der Waals surface area contributed by atoms with E-state index in [4.69, 9.17) is 0 Å². The fraction of sp³-hybridized carbons (Fsp3) is 0.385. The number of unbranched alkanes of at least 4 members (excludes halogenated alkanes) is 1. The molecular formula is C26H31FN4O. The number of halogens is 1. The highest BCUT2D eigenvalue weighted by atomic mass is 19.1. The number of anilines is 2. The first-order valence-electron chi connectivity index (χ1n) is 11.5. The first-order valence-corrected chi connectivity index (χ1v) is 11.5. The van der Waals surface area contributed by atoms with E-state index in [9.17, 15) is 9.18 Å². The average Bonchev–Trinajstić information content (AvgIpc) is 2.83. The lowest BCUT2D eigenvalue weighted by Crippen LogP contribution is -2.47. The van der Waals surface area contributed by atoms with Crippen LogP contribution < -0.4 is 10.2 Å². The highest BCUT2D eigenvalue weighted by molar-refractivity contribution is 5.92. The van der Waals surface area contributed by atoms with Crippen molar-refractivity contribution >= 4 is 28.3 Å². The van der Waals surface area contributed by atoms with Crippen molar-refractivity contribution in [2.24, 2.45) is 0 Å². The van der Waals surface area contributed by atoms with Crippen molar-refractivity contribution in [3.63, 3.8) is 0 Å². The van der Waals surface area contributed by atoms with Crippen molar-refractivity contribution in [1.29, 1.82) is 0 Å². The van der Waals surface area contributed by atoms with E-state index >= 15 is 0 Å². The molecule has 0 bridgehead atoms. The minimum Gasteiger partial charge on any atom is -0.371 e. The van der Waals surface area contributed by atoms with Gasteiger partial charge in [-0.25, -0.2) is 9.18 Å². The van der Waals surface area contributed by atoms with Crippen LogP contribution in [0.15, 0.2) is 54.7 Å². The summed E-state index contributed by atoms with van der Waals surface area (Å²) in [5.41, 5.74) is 3.92. The number of benzene rings is 2. The first kappa shape index (κ1) is 22.1. The van der Waals surface area contributed by atoms with Gasteiger partial charge in [-0.05, 0) is 67.6 Å². The van der Waals surface area contributed by atoms with Crippen LogP contribution in [0.3, 0.4) is 0 Å². The van der Waals surface area contributed by atoms with Gasteiger partial charge in [0.25, 0.3) is 0 Å². The minimum absolute atomic E-state index is 0.0822. The molecule has 1 fully saturated rings. The Morgan fingerprint density at radius 1 is 1.16 bits per heavy atom. The number of carbonyl (C=O) groups excluding carboxylic acids is 1. The molecule has 2 aromatic carbocycles. The van der Waals surface area contributed by atoms with Crippen molar-refractivity contribution in [1.82, 2.24) is 9.88 Å². The van der Waals surface area contributed by atoms with Crippen LogP contribution in [0.2, 0.25) is 0 Å². The number of piperidine rings is 1. The molecule has 0 unspecified atom stereocenters. The van der Waals surface area contributed by atoms with Crippen LogP contribution >= 0.6 is 0 Å². The van der Waals surface area contributed by atoms with Gasteiger partial charge in [0.2, 0.25) is 0 Å². The summed E-state index contributed by atoms with van der Waals surface area (Å²) in [6.07, 6.45) is 6.92. The molecule has 1 aliphatic rings. The van der Waals surface area contributed by atoms with Gasteiger partial charge in [-0.15, -0.1) is 0 Å². The number of nitrogens with zero attached hydrogens (tertiary/aromatic N) is 3. The molecule has 168 valence electrons. The maximum atomic E-state index is 13.8. The van der Waals surface area contributed by atoms with E-state index in [1.807, 2.05) is 30.1 Å². The number of fused-ring (bicyclic) bond motifs is 1. The number of carbonyl (C=O) groups is 1. The zero-order valence-corrected chi connectivity index (χ0v) is 18.9. The van der Waals surface area contributed by atoms with Crippen molar-refractivity contribution in [2.75, 3.05) is 30.4 Å². The highest BCUT2D eigenvalue weighted by Gasteiger charge is 2.26. The maximum absolute atomic E-state index is 13.8. The predicted octanol–water partition coefficient (Wildman–Crippen LogP) is 5.85. The summed E-state index contributed by atoms with van der Waals surface area (Å²) in [4.78, 5) is 21.2. The van der Waals surface area contributed by atoms with E-state index in [2.05, 4.69) is 34.3 Å². The summed E-state index contributed by atoms with van der Waals surface area (Å²) in [5.74, 6) is -0.253. The number of hydrogen-bond acceptors (Lipinski definition) is 3. The summed E-state index contributed by atoms with van der Waals surface area (Å²) in [6, 6.07) is 14.9. The molecule has 2 amide bonds. The fourth-order valence-electron chi connectivity index (χ4n) is 4.39. The molecule has 4 rings (SSSR count). The Labute approximate surface area is 189 Å². The third-order valence-electron chi connectivity index (χ3n) is 6.38. The molecule has 1 aromatic heterocycles. The molecule has 0 atom stereocenters. The molecule has 0 saturated carbocycles. The van der Waals surface area contributed by atoms with Gasteiger partial charge in [-0.3, -0.25) is 4.98 Å². The van der Waals surface area contributed by atoms with Gasteiger partial charge in [0.05, 0.1) is 5.52 Å². The molecule has 1 N–H and O–H groups in total. The molecule has 6 heteroatoms. The number of urea groups is 1. The van der Waals surface area contributed by atoms with E-state index in [-0.39, 0.29) is 17.9 Å². The summed E-state index contributed by atoms with van der Waals surface area (Å²) in [6.45, 7) is 3.81. The standard InChI is InChI=1S/C26H31FN4O/c1-3-4-5-19-6-9-21(10-7-19)29-26(32)30(2)22-13-16-31(17-14-22)25-12-15-28-24-11-8-20(27)18-23(24)25/h6-12,15,18,22H,3-5,13-14,16-17H2,1-2H3,(H,29,32). The normalized spacial score (nSPS) is 14.5. The second-order valence-corrected chi connectivity index (χ2v) is 8.55. The van der Waals surface area contributed by atoms with Gasteiger partial charge in [0.1, 0.15) is 5.82 Å². The molecule has 0 radical (unpaired) electrons. The van der Waals surface area contributed by atoms with E-state index < -0.39 is 0 Å². The van der Waals surface area contributed by atoms with Gasteiger partial charge in [-0.1, -0.05) is 25.5 Å². The molecule has 5 nitrogen and oxygen atoms in total. The molecule has 0 spiro atoms. The Morgan fingerprint density at radius 2 is 1.91 bits per heavy atom. The third kappa shape index (κ3) is 5.01. The molecular weight excluding hydrogens is 403 g/mol. The molecule has 32 heavy (non-hydrogen) atoms. The van der Waals surface area contributed by atoms with Crippen molar-refractivity contribution in [2.45, 2.75) is 45.1 Å². The van der Waals surface area contributed by atoms with E-state index in [1.165, 1.54) is 24.5 Å². The molecule has 1 aliphatic heterocycles. The maximum Gasteiger partial charge on any atom is 0.321 e. The molecule has 3 aromatic rings. The second-order valence-electron chi connectivity index (χ2n) is 8.55. The zero-order valence-electron chi connectivity index (χ0n) is 18.9. The van der Waals surface area contributed by atoms with Crippen LogP contribution in [0.1, 0.15) is 38.2 Å². The van der Waals surface area contributed by atoms with Crippen LogP contribution in [0.5, 0.6) is 0 Å². The lowest BCUT2D eigenvalue weighted by molar-refractivity contribution is 0.193. The topological polar surface area (TPSA) is 48.5 Å². The summed E-state index contributed by atoms with van der Waals surface area (Å²) >= 11 is 0. The van der Waals surface area contributed by atoms with Crippen molar-refractivity contribution in [3.05, 3.63) is 66.1 Å². The Morgan fingerprint density at radius 3 is 2.62 bits per heavy atom. The van der Waals surface area contributed by atoms with Gasteiger partial charge in [0, 0.05) is 49.1 Å². The van der Waals surface area contributed by atoms with E-state index in [1.54, 1.807) is 18.3 Å². The summed E-state index contributed by atoms with van der Waals surface area (Å²) in [7, 11) is 1.86. The molecule has 2 heterocycles. The summed E-state index contributed by atoms with van der Waals surface area (Å²) < 4.78 is 13.8. The van der Waals surface area contributed by atoms with Crippen LogP contribution in [-0.2, 0) is 6.42 Å². The quantitative estimate of drug-likeness (QED) is 0.529. The van der Waals surface area contributed by atoms with Gasteiger partial charge in [0.15, 0.2) is 0 Å². The lowest BCUT2D eigenvalue weighted by atomic mass is 10.0. The predicted molar refractivity (Wildman–Crippen MR) is 129 cm³/mol. The van der Waals surface area contributed by atoms with Gasteiger partial charge in [-0.2, -0.15) is 0 Å². The highest BCUT2D eigenvalue weighted by Crippen LogP contribution is 2.29. The number of nitrogens with one attached hydrogen (secondary N) is 1. The fourth-order valence-corrected chi connectivity index (χ4v) is 4.39. The van der Waals surface area contributed by atoms with Crippen LogP contribution in [-0.4, -0.2) is 42.1 Å². The van der Waals surface area contributed by atoms with Crippen molar-refractivity contribution < 1.29 is 9.18 Å². The Bertz CT molecular complexity index is 1060. The summed E-state index contributed by atoms with van der Waals surface area (Å²) in [5, 5.41) is 3.85. The van der Waals surface area contributed by atoms with Crippen molar-refractivity contribution in [3.8, 4) is 0 Å². The number of rotatable bonds is 6. The molecule has 1 saturated heterocycles. The van der Waals surface area contributed by atoms with Gasteiger partial charge >= 0.3 is 6.03 Å². The smallest absolute Gasteiger partial charge is 0.321 e. The van der Waals surface area contributed by atoms with E-state index in [0.717, 1.165) is 54.6 Å². The Balaban J connectivity index is 1.35. The number of hydrogen-bond donors (Lipinski definition) is 1. The van der Waals surface area contributed by atoms with Crippen LogP contribution in [0.25, 0.3) is 10.9 Å². The molecule has 0 aliphatic carbocycles. The number of aryl methyl sites for hydroxylation is 1. The zero-order chi connectivity index (χ0) is 22.5. The SMILES string of the molecule is CCCCc1ccc(NC(=O)N(C)C2CCN(c3ccnc4ccc(F)cc34)CC2)cc1. The number of amides is 2. The average molecular weight is 435 g/mol. The number of pyridine rings is 1. The largest absolute Gasteiger partial charge is 0.371 e. The van der Waals surface area contributed by atoms with Crippen LogP contribution in [0, 0.1) is 5.82 Å². The lowest BCUT2D eigenvalue weighted by Gasteiger charge is -2.38. The second kappa shape index (κ2) is 9.98. The van der Waals surface area contributed by atoms with Crippen LogP contribution in [0.4, 0.5) is 20.6 Å². The monoisotopic (exact) mass is 434 g/mol. The first-order chi connectivity index (χ1) is 15.5. The Hall–Kier alpha value is -3.15. The van der Waals surface area contributed by atoms with Gasteiger partial charge < -0.3 is 15.1 Å². The minimum atomic E-state index is -0.253. The Kier molecular flexibility index (Phi) is 6.88.